The van der Waals surface area contributed by atoms with Gasteiger partial charge in [-0.1, -0.05) is 12.1 Å². The normalized spacial score (nSPS) is 14.8. The van der Waals surface area contributed by atoms with Gasteiger partial charge in [-0.15, -0.1) is 0 Å². The zero-order valence-electron chi connectivity index (χ0n) is 14.3. The number of anilines is 1. The van der Waals surface area contributed by atoms with E-state index in [0.717, 1.165) is 17.7 Å². The van der Waals surface area contributed by atoms with Crippen molar-refractivity contribution in [1.29, 1.82) is 0 Å². The minimum atomic E-state index is -4.19. The van der Waals surface area contributed by atoms with Crippen molar-refractivity contribution >= 4 is 21.6 Å². The molecular formula is C18H18F2N2O4S. The third-order valence-corrected chi connectivity index (χ3v) is 5.52. The Morgan fingerprint density at radius 2 is 1.74 bits per heavy atom. The Labute approximate surface area is 155 Å². The lowest BCUT2D eigenvalue weighted by Gasteiger charge is -2.26. The molecule has 0 unspecified atom stereocenters. The van der Waals surface area contributed by atoms with Crippen molar-refractivity contribution in [3.05, 3.63) is 59.7 Å². The highest BCUT2D eigenvalue weighted by Crippen LogP contribution is 2.20. The Kier molecular flexibility index (Phi) is 5.71. The van der Waals surface area contributed by atoms with Crippen molar-refractivity contribution in [3.8, 4) is 0 Å². The standard InChI is InChI=1S/C18H18F2N2O4S/c19-14-3-6-17(16(20)12-14)27(24,25)21-15-4-1-13(2-5-15)11-18(23)22-7-9-26-10-8-22/h1-6,12,21H,7-11H2. The Hall–Kier alpha value is -2.52. The van der Waals surface area contributed by atoms with Gasteiger partial charge in [0.1, 0.15) is 16.5 Å². The van der Waals surface area contributed by atoms with Crippen molar-refractivity contribution in [3.63, 3.8) is 0 Å². The molecule has 1 N–H and O–H groups in total. The summed E-state index contributed by atoms with van der Waals surface area (Å²) < 4.78 is 58.6. The molecule has 0 atom stereocenters. The topological polar surface area (TPSA) is 75.7 Å². The molecule has 27 heavy (non-hydrogen) atoms. The van der Waals surface area contributed by atoms with Gasteiger partial charge in [-0.2, -0.15) is 0 Å². The Balaban J connectivity index is 1.67. The molecular weight excluding hydrogens is 378 g/mol. The number of morpholine rings is 1. The highest BCUT2D eigenvalue weighted by Gasteiger charge is 2.20. The summed E-state index contributed by atoms with van der Waals surface area (Å²) in [4.78, 5) is 13.3. The van der Waals surface area contributed by atoms with Crippen LogP contribution in [0.3, 0.4) is 0 Å². The van der Waals surface area contributed by atoms with Gasteiger partial charge in [0.05, 0.1) is 19.6 Å². The van der Waals surface area contributed by atoms with E-state index < -0.39 is 26.6 Å². The van der Waals surface area contributed by atoms with Crippen LogP contribution in [0.2, 0.25) is 0 Å². The summed E-state index contributed by atoms with van der Waals surface area (Å²) >= 11 is 0. The van der Waals surface area contributed by atoms with E-state index in [2.05, 4.69) is 4.72 Å². The van der Waals surface area contributed by atoms with E-state index in [-0.39, 0.29) is 18.0 Å². The molecule has 0 aromatic heterocycles. The molecule has 1 aliphatic heterocycles. The number of carbonyl (C=O) groups is 1. The molecule has 9 heteroatoms. The summed E-state index contributed by atoms with van der Waals surface area (Å²) in [5, 5.41) is 0. The maximum atomic E-state index is 13.7. The number of sulfonamides is 1. The zero-order valence-corrected chi connectivity index (χ0v) is 15.1. The molecule has 2 aromatic carbocycles. The first-order valence-corrected chi connectivity index (χ1v) is 9.76. The molecule has 6 nitrogen and oxygen atoms in total. The SMILES string of the molecule is O=C(Cc1ccc(NS(=O)(=O)c2ccc(F)cc2F)cc1)N1CCOCC1. The van der Waals surface area contributed by atoms with Crippen molar-refractivity contribution < 1.29 is 26.7 Å². The van der Waals surface area contributed by atoms with Crippen molar-refractivity contribution in [2.24, 2.45) is 0 Å². The first-order chi connectivity index (χ1) is 12.8. The van der Waals surface area contributed by atoms with Crippen LogP contribution >= 0.6 is 0 Å². The Morgan fingerprint density at radius 3 is 2.37 bits per heavy atom. The fraction of sp³-hybridized carbons (Fsp3) is 0.278. The highest BCUT2D eigenvalue weighted by molar-refractivity contribution is 7.92. The summed E-state index contributed by atoms with van der Waals surface area (Å²) in [6.07, 6.45) is 0.194. The second-order valence-electron chi connectivity index (χ2n) is 6.05. The lowest BCUT2D eigenvalue weighted by atomic mass is 10.1. The minimum absolute atomic E-state index is 0.0278. The first kappa shape index (κ1) is 19.2. The van der Waals surface area contributed by atoms with Gasteiger partial charge in [0.15, 0.2) is 0 Å². The van der Waals surface area contributed by atoms with E-state index in [1.165, 1.54) is 12.1 Å². The number of rotatable bonds is 5. The predicted molar refractivity (Wildman–Crippen MR) is 94.7 cm³/mol. The van der Waals surface area contributed by atoms with Gasteiger partial charge < -0.3 is 9.64 Å². The number of nitrogens with one attached hydrogen (secondary N) is 1. The third kappa shape index (κ3) is 4.81. The van der Waals surface area contributed by atoms with Gasteiger partial charge in [0, 0.05) is 24.8 Å². The second kappa shape index (κ2) is 8.01. The van der Waals surface area contributed by atoms with Crippen molar-refractivity contribution in [2.45, 2.75) is 11.3 Å². The van der Waals surface area contributed by atoms with E-state index >= 15 is 0 Å². The minimum Gasteiger partial charge on any atom is -0.378 e. The molecule has 1 fully saturated rings. The van der Waals surface area contributed by atoms with Crippen LogP contribution in [0.25, 0.3) is 0 Å². The number of nitrogens with zero attached hydrogens (tertiary/aromatic N) is 1. The number of ether oxygens (including phenoxy) is 1. The molecule has 0 aliphatic carbocycles. The van der Waals surface area contributed by atoms with Gasteiger partial charge in [-0.3, -0.25) is 9.52 Å². The predicted octanol–water partition coefficient (Wildman–Crippen LogP) is 2.17. The fourth-order valence-electron chi connectivity index (χ4n) is 2.69. The third-order valence-electron chi connectivity index (χ3n) is 4.11. The molecule has 0 bridgehead atoms. The Bertz CT molecular complexity index is 927. The first-order valence-electron chi connectivity index (χ1n) is 8.27. The van der Waals surface area contributed by atoms with Crippen LogP contribution in [0.15, 0.2) is 47.4 Å². The average molecular weight is 396 g/mol. The van der Waals surface area contributed by atoms with E-state index in [4.69, 9.17) is 4.74 Å². The van der Waals surface area contributed by atoms with Crippen LogP contribution in [-0.2, 0) is 26.0 Å². The summed E-state index contributed by atoms with van der Waals surface area (Å²) in [6, 6.07) is 8.46. The van der Waals surface area contributed by atoms with Crippen LogP contribution in [0.1, 0.15) is 5.56 Å². The van der Waals surface area contributed by atoms with Gasteiger partial charge in [-0.25, -0.2) is 17.2 Å². The molecule has 1 heterocycles. The Morgan fingerprint density at radius 1 is 1.07 bits per heavy atom. The van der Waals surface area contributed by atoms with Gasteiger partial charge >= 0.3 is 0 Å². The van der Waals surface area contributed by atoms with E-state index in [1.807, 2.05) is 0 Å². The molecule has 2 aromatic rings. The quantitative estimate of drug-likeness (QED) is 0.841. The highest BCUT2D eigenvalue weighted by atomic mass is 32.2. The summed E-state index contributed by atoms with van der Waals surface area (Å²) in [5.41, 5.74) is 0.934. The maximum Gasteiger partial charge on any atom is 0.264 e. The number of carbonyl (C=O) groups excluding carboxylic acids is 1. The van der Waals surface area contributed by atoms with Crippen LogP contribution < -0.4 is 4.72 Å². The molecule has 0 spiro atoms. The number of hydrogen-bond acceptors (Lipinski definition) is 4. The number of amides is 1. The van der Waals surface area contributed by atoms with Crippen LogP contribution in [-0.4, -0.2) is 45.5 Å². The zero-order chi connectivity index (χ0) is 19.4. The second-order valence-corrected chi connectivity index (χ2v) is 7.70. The van der Waals surface area contributed by atoms with Crippen LogP contribution in [0, 0.1) is 11.6 Å². The number of benzene rings is 2. The summed E-state index contributed by atoms with van der Waals surface area (Å²) in [6.45, 7) is 2.15. The molecule has 1 aliphatic rings. The van der Waals surface area contributed by atoms with Gasteiger partial charge in [0.2, 0.25) is 5.91 Å². The molecule has 1 amide bonds. The van der Waals surface area contributed by atoms with Gasteiger partial charge in [-0.05, 0) is 29.8 Å². The molecule has 0 saturated carbocycles. The molecule has 3 rings (SSSR count). The monoisotopic (exact) mass is 396 g/mol. The van der Waals surface area contributed by atoms with Crippen molar-refractivity contribution in [2.75, 3.05) is 31.0 Å². The molecule has 1 saturated heterocycles. The summed E-state index contributed by atoms with van der Waals surface area (Å²) in [7, 11) is -4.19. The lowest BCUT2D eigenvalue weighted by molar-refractivity contribution is -0.134. The lowest BCUT2D eigenvalue weighted by Crippen LogP contribution is -2.41. The maximum absolute atomic E-state index is 13.7. The van der Waals surface area contributed by atoms with E-state index in [0.29, 0.717) is 32.4 Å². The fourth-order valence-corrected chi connectivity index (χ4v) is 3.81. The number of hydrogen-bond donors (Lipinski definition) is 1. The van der Waals surface area contributed by atoms with E-state index in [1.54, 1.807) is 17.0 Å². The van der Waals surface area contributed by atoms with Crippen LogP contribution in [0.4, 0.5) is 14.5 Å². The molecule has 144 valence electrons. The average Bonchev–Trinajstić information content (AvgIpc) is 2.63. The number of halogens is 2. The van der Waals surface area contributed by atoms with Gasteiger partial charge in [0.25, 0.3) is 10.0 Å². The van der Waals surface area contributed by atoms with Crippen molar-refractivity contribution in [1.82, 2.24) is 4.90 Å². The summed E-state index contributed by atoms with van der Waals surface area (Å²) in [5.74, 6) is -2.06. The molecule has 0 radical (unpaired) electrons. The van der Waals surface area contributed by atoms with Crippen LogP contribution in [0.5, 0.6) is 0 Å². The van der Waals surface area contributed by atoms with E-state index in [9.17, 15) is 22.0 Å². The largest absolute Gasteiger partial charge is 0.378 e. The smallest absolute Gasteiger partial charge is 0.264 e.